The quantitative estimate of drug-likeness (QED) is 0.756. The zero-order valence-corrected chi connectivity index (χ0v) is 9.91. The molecule has 1 aliphatic rings. The van der Waals surface area contributed by atoms with Crippen LogP contribution >= 0.6 is 12.4 Å². The highest BCUT2D eigenvalue weighted by Gasteiger charge is 2.17. The van der Waals surface area contributed by atoms with E-state index in [1.54, 1.807) is 17.0 Å². The molecule has 0 spiro atoms. The van der Waals surface area contributed by atoms with Gasteiger partial charge in [0.15, 0.2) is 0 Å². The van der Waals surface area contributed by atoms with Crippen LogP contribution in [0.2, 0.25) is 0 Å². The first-order valence-electron chi connectivity index (χ1n) is 5.38. The predicted octanol–water partition coefficient (Wildman–Crippen LogP) is 3.09. The van der Waals surface area contributed by atoms with Crippen LogP contribution in [0.15, 0.2) is 30.3 Å². The van der Waals surface area contributed by atoms with Crippen LogP contribution in [-0.4, -0.2) is 24.1 Å². The third-order valence-electron chi connectivity index (χ3n) is 2.56. The molecule has 16 heavy (non-hydrogen) atoms. The van der Waals surface area contributed by atoms with E-state index in [1.165, 1.54) is 6.42 Å². The van der Waals surface area contributed by atoms with Crippen LogP contribution in [0.25, 0.3) is 0 Å². The lowest BCUT2D eigenvalue weighted by Gasteiger charge is -2.25. The number of hydrogen-bond acceptors (Lipinski definition) is 2. The number of likely N-dealkylation sites (tertiary alicyclic amines) is 1. The number of rotatable bonds is 1. The van der Waals surface area contributed by atoms with Gasteiger partial charge in [-0.3, -0.25) is 0 Å². The number of para-hydroxylation sites is 1. The van der Waals surface area contributed by atoms with Crippen LogP contribution in [0, 0.1) is 0 Å². The van der Waals surface area contributed by atoms with Crippen LogP contribution in [0.4, 0.5) is 4.79 Å². The van der Waals surface area contributed by atoms with E-state index < -0.39 is 0 Å². The molecule has 0 aliphatic carbocycles. The second-order valence-corrected chi connectivity index (χ2v) is 3.73. The summed E-state index contributed by atoms with van der Waals surface area (Å²) in [6, 6.07) is 9.21. The molecule has 0 N–H and O–H groups in total. The topological polar surface area (TPSA) is 29.5 Å². The molecular weight excluding hydrogens is 226 g/mol. The van der Waals surface area contributed by atoms with Gasteiger partial charge in [-0.05, 0) is 31.4 Å². The molecule has 0 bridgehead atoms. The highest BCUT2D eigenvalue weighted by atomic mass is 35.5. The summed E-state index contributed by atoms with van der Waals surface area (Å²) in [5, 5.41) is 0. The third-order valence-corrected chi connectivity index (χ3v) is 2.56. The summed E-state index contributed by atoms with van der Waals surface area (Å²) in [4.78, 5) is 13.4. The summed E-state index contributed by atoms with van der Waals surface area (Å²) in [6.07, 6.45) is 3.17. The molecule has 1 aromatic carbocycles. The number of piperidine rings is 1. The Balaban J connectivity index is 0.00000128. The second kappa shape index (κ2) is 6.38. The van der Waals surface area contributed by atoms with Crippen molar-refractivity contribution in [3.05, 3.63) is 30.3 Å². The molecule has 1 heterocycles. The van der Waals surface area contributed by atoms with E-state index in [4.69, 9.17) is 4.74 Å². The number of carbonyl (C=O) groups is 1. The Morgan fingerprint density at radius 3 is 2.31 bits per heavy atom. The van der Waals surface area contributed by atoms with E-state index >= 15 is 0 Å². The Bertz CT molecular complexity index is 323. The minimum atomic E-state index is -0.221. The monoisotopic (exact) mass is 241 g/mol. The standard InChI is InChI=1S/C12H15NO2.ClH/c14-12(13-9-5-2-6-10-13)15-11-7-3-1-4-8-11;/h1,3-4,7-8H,2,5-6,9-10H2;1H. The molecule has 1 aromatic rings. The molecule has 2 rings (SSSR count). The van der Waals surface area contributed by atoms with E-state index in [0.717, 1.165) is 25.9 Å². The maximum atomic E-state index is 11.7. The van der Waals surface area contributed by atoms with Crippen LogP contribution in [-0.2, 0) is 0 Å². The largest absolute Gasteiger partial charge is 0.415 e. The van der Waals surface area contributed by atoms with Gasteiger partial charge in [-0.15, -0.1) is 12.4 Å². The molecule has 0 unspecified atom stereocenters. The molecule has 1 fully saturated rings. The molecule has 1 saturated heterocycles. The normalized spacial score (nSPS) is 15.1. The van der Waals surface area contributed by atoms with E-state index in [1.807, 2.05) is 18.2 Å². The fourth-order valence-corrected chi connectivity index (χ4v) is 1.73. The smallest absolute Gasteiger partial charge is 0.410 e. The Morgan fingerprint density at radius 2 is 1.69 bits per heavy atom. The molecule has 88 valence electrons. The fraction of sp³-hybridized carbons (Fsp3) is 0.417. The second-order valence-electron chi connectivity index (χ2n) is 3.73. The lowest BCUT2D eigenvalue weighted by molar-refractivity contribution is 0.142. The van der Waals surface area contributed by atoms with Gasteiger partial charge in [0.1, 0.15) is 5.75 Å². The van der Waals surface area contributed by atoms with Gasteiger partial charge in [0.2, 0.25) is 0 Å². The molecule has 0 saturated carbocycles. The van der Waals surface area contributed by atoms with Gasteiger partial charge in [-0.25, -0.2) is 4.79 Å². The van der Waals surface area contributed by atoms with Crippen molar-refractivity contribution >= 4 is 18.5 Å². The molecule has 4 heteroatoms. The average molecular weight is 242 g/mol. The van der Waals surface area contributed by atoms with Crippen molar-refractivity contribution < 1.29 is 9.53 Å². The lowest BCUT2D eigenvalue weighted by atomic mass is 10.1. The summed E-state index contributed by atoms with van der Waals surface area (Å²) in [6.45, 7) is 1.65. The Kier molecular flexibility index (Phi) is 5.12. The highest BCUT2D eigenvalue weighted by Crippen LogP contribution is 2.13. The summed E-state index contributed by atoms with van der Waals surface area (Å²) in [5.74, 6) is 0.619. The van der Waals surface area contributed by atoms with Crippen LogP contribution in [0.1, 0.15) is 19.3 Å². The summed E-state index contributed by atoms with van der Waals surface area (Å²) in [7, 11) is 0. The van der Waals surface area contributed by atoms with Gasteiger partial charge >= 0.3 is 6.09 Å². The Hall–Kier alpha value is -1.22. The number of hydrogen-bond donors (Lipinski definition) is 0. The number of amides is 1. The Morgan fingerprint density at radius 1 is 1.06 bits per heavy atom. The summed E-state index contributed by atoms with van der Waals surface area (Å²) < 4.78 is 5.24. The highest BCUT2D eigenvalue weighted by molar-refractivity contribution is 5.85. The lowest BCUT2D eigenvalue weighted by Crippen LogP contribution is -2.37. The minimum absolute atomic E-state index is 0. The number of halogens is 1. The minimum Gasteiger partial charge on any atom is -0.410 e. The van der Waals surface area contributed by atoms with Gasteiger partial charge in [-0.1, -0.05) is 18.2 Å². The molecule has 3 nitrogen and oxygen atoms in total. The average Bonchev–Trinajstić information content (AvgIpc) is 2.31. The van der Waals surface area contributed by atoms with Crippen molar-refractivity contribution in [2.45, 2.75) is 19.3 Å². The van der Waals surface area contributed by atoms with Crippen LogP contribution < -0.4 is 4.74 Å². The number of carbonyl (C=O) groups excluding carboxylic acids is 1. The third kappa shape index (κ3) is 3.42. The number of ether oxygens (including phenoxy) is 1. The molecular formula is C12H16ClNO2. The van der Waals surface area contributed by atoms with Crippen LogP contribution in [0.5, 0.6) is 5.75 Å². The first kappa shape index (κ1) is 12.8. The van der Waals surface area contributed by atoms with Crippen molar-refractivity contribution in [1.29, 1.82) is 0 Å². The number of benzene rings is 1. The molecule has 0 radical (unpaired) electrons. The van der Waals surface area contributed by atoms with Crippen molar-refractivity contribution in [2.75, 3.05) is 13.1 Å². The van der Waals surface area contributed by atoms with Gasteiger partial charge < -0.3 is 9.64 Å². The van der Waals surface area contributed by atoms with Crippen molar-refractivity contribution in [2.24, 2.45) is 0 Å². The molecule has 1 amide bonds. The number of nitrogens with zero attached hydrogens (tertiary/aromatic N) is 1. The van der Waals surface area contributed by atoms with Crippen molar-refractivity contribution in [3.63, 3.8) is 0 Å². The van der Waals surface area contributed by atoms with Crippen molar-refractivity contribution in [1.82, 2.24) is 4.90 Å². The van der Waals surface area contributed by atoms with Gasteiger partial charge in [0.05, 0.1) is 0 Å². The predicted molar refractivity (Wildman–Crippen MR) is 65.1 cm³/mol. The van der Waals surface area contributed by atoms with Gasteiger partial charge in [0.25, 0.3) is 0 Å². The van der Waals surface area contributed by atoms with Crippen molar-refractivity contribution in [3.8, 4) is 5.75 Å². The van der Waals surface area contributed by atoms with Crippen LogP contribution in [0.3, 0.4) is 0 Å². The van der Waals surface area contributed by atoms with E-state index in [-0.39, 0.29) is 18.5 Å². The fourth-order valence-electron chi connectivity index (χ4n) is 1.73. The summed E-state index contributed by atoms with van der Waals surface area (Å²) in [5.41, 5.74) is 0. The van der Waals surface area contributed by atoms with Gasteiger partial charge in [0, 0.05) is 13.1 Å². The van der Waals surface area contributed by atoms with E-state index in [0.29, 0.717) is 5.75 Å². The zero-order valence-electron chi connectivity index (χ0n) is 9.09. The molecule has 1 aliphatic heterocycles. The Labute approximate surface area is 102 Å². The van der Waals surface area contributed by atoms with E-state index in [2.05, 4.69) is 0 Å². The molecule has 0 atom stereocenters. The zero-order chi connectivity index (χ0) is 10.5. The summed E-state index contributed by atoms with van der Waals surface area (Å²) >= 11 is 0. The van der Waals surface area contributed by atoms with E-state index in [9.17, 15) is 4.79 Å². The maximum absolute atomic E-state index is 11.7. The first-order chi connectivity index (χ1) is 7.36. The SMILES string of the molecule is Cl.O=C(Oc1ccccc1)N1CCCCC1. The van der Waals surface area contributed by atoms with Gasteiger partial charge in [-0.2, -0.15) is 0 Å². The first-order valence-corrected chi connectivity index (χ1v) is 5.38. The maximum Gasteiger partial charge on any atom is 0.415 e. The molecule has 0 aromatic heterocycles.